The van der Waals surface area contributed by atoms with E-state index in [-0.39, 0.29) is 24.2 Å². The second-order valence-corrected chi connectivity index (χ2v) is 6.07. The number of halogens is 3. The van der Waals surface area contributed by atoms with Gasteiger partial charge in [-0.05, 0) is 41.8 Å². The number of hydrogen-bond acceptors (Lipinski definition) is 3. The number of urea groups is 1. The monoisotopic (exact) mass is 365 g/mol. The highest BCUT2D eigenvalue weighted by atomic mass is 19.4. The van der Waals surface area contributed by atoms with Crippen molar-refractivity contribution in [1.29, 1.82) is 0 Å². The topological polar surface area (TPSA) is 54.5 Å². The molecule has 1 fully saturated rings. The third kappa shape index (κ3) is 4.87. The molecule has 0 aliphatic carbocycles. The first-order valence-corrected chi connectivity index (χ1v) is 8.18. The summed E-state index contributed by atoms with van der Waals surface area (Å²) >= 11 is 0. The van der Waals surface area contributed by atoms with Crippen LogP contribution in [0.4, 0.5) is 18.0 Å². The number of alkyl halides is 3. The van der Waals surface area contributed by atoms with Crippen molar-refractivity contribution in [3.05, 3.63) is 59.9 Å². The first-order valence-electron chi connectivity index (χ1n) is 8.18. The van der Waals surface area contributed by atoms with Crippen LogP contribution < -0.4 is 10.1 Å². The van der Waals surface area contributed by atoms with E-state index in [2.05, 4.69) is 15.0 Å². The van der Waals surface area contributed by atoms with Crippen molar-refractivity contribution < 1.29 is 22.7 Å². The van der Waals surface area contributed by atoms with Crippen LogP contribution in [-0.2, 0) is 6.54 Å². The lowest BCUT2D eigenvalue weighted by Gasteiger charge is -2.18. The first kappa shape index (κ1) is 18.0. The number of nitrogens with zero attached hydrogens (tertiary/aromatic N) is 2. The van der Waals surface area contributed by atoms with E-state index in [0.717, 1.165) is 12.0 Å². The molecule has 0 bridgehead atoms. The van der Waals surface area contributed by atoms with E-state index >= 15 is 0 Å². The number of hydrogen-bond donors (Lipinski definition) is 1. The molecular weight excluding hydrogens is 347 g/mol. The van der Waals surface area contributed by atoms with Crippen molar-refractivity contribution in [3.8, 4) is 5.75 Å². The molecule has 138 valence electrons. The zero-order valence-corrected chi connectivity index (χ0v) is 13.9. The maximum Gasteiger partial charge on any atom is 0.573 e. The van der Waals surface area contributed by atoms with Gasteiger partial charge in [-0.25, -0.2) is 4.79 Å². The van der Waals surface area contributed by atoms with Gasteiger partial charge in [0.15, 0.2) is 0 Å². The lowest BCUT2D eigenvalue weighted by atomic mass is 10.00. The van der Waals surface area contributed by atoms with Gasteiger partial charge < -0.3 is 15.0 Å². The maximum atomic E-state index is 12.3. The van der Waals surface area contributed by atoms with Crippen LogP contribution in [0.2, 0.25) is 0 Å². The Hall–Kier alpha value is -2.77. The van der Waals surface area contributed by atoms with Crippen molar-refractivity contribution in [2.24, 2.45) is 0 Å². The van der Waals surface area contributed by atoms with Crippen molar-refractivity contribution in [2.45, 2.75) is 25.2 Å². The van der Waals surface area contributed by atoms with Gasteiger partial charge in [0.05, 0.1) is 0 Å². The minimum atomic E-state index is -4.74. The lowest BCUT2D eigenvalue weighted by molar-refractivity contribution is -0.274. The number of likely N-dealkylation sites (tertiary alicyclic amines) is 1. The lowest BCUT2D eigenvalue weighted by Crippen LogP contribution is -2.37. The summed E-state index contributed by atoms with van der Waals surface area (Å²) in [5.74, 6) is -0.0320. The number of ether oxygens (including phenoxy) is 1. The van der Waals surface area contributed by atoms with E-state index in [0.29, 0.717) is 18.7 Å². The molecule has 1 unspecified atom stereocenters. The predicted octanol–water partition coefficient (Wildman–Crippen LogP) is 3.68. The minimum absolute atomic E-state index is 0.129. The average molecular weight is 365 g/mol. The summed E-state index contributed by atoms with van der Waals surface area (Å²) in [4.78, 5) is 18.0. The van der Waals surface area contributed by atoms with Crippen LogP contribution in [0.15, 0.2) is 48.8 Å². The van der Waals surface area contributed by atoms with Gasteiger partial charge in [0.2, 0.25) is 0 Å². The largest absolute Gasteiger partial charge is 0.573 e. The molecular formula is C18H18F3N3O2. The zero-order chi connectivity index (χ0) is 18.6. The summed E-state index contributed by atoms with van der Waals surface area (Å²) in [6.45, 7) is 1.37. The van der Waals surface area contributed by atoms with Crippen molar-refractivity contribution in [2.75, 3.05) is 13.1 Å². The van der Waals surface area contributed by atoms with Crippen LogP contribution in [0.1, 0.15) is 23.5 Å². The average Bonchev–Trinajstić information content (AvgIpc) is 3.09. The molecule has 2 aromatic rings. The Morgan fingerprint density at radius 3 is 2.77 bits per heavy atom. The summed E-state index contributed by atoms with van der Waals surface area (Å²) in [5.41, 5.74) is 1.68. The molecule has 0 saturated carbocycles. The molecule has 1 aliphatic heterocycles. The van der Waals surface area contributed by atoms with Gasteiger partial charge in [0, 0.05) is 37.9 Å². The van der Waals surface area contributed by atoms with E-state index < -0.39 is 6.36 Å². The highest BCUT2D eigenvalue weighted by molar-refractivity contribution is 5.74. The summed E-state index contributed by atoms with van der Waals surface area (Å²) in [6.07, 6.45) is -0.409. The molecule has 2 heterocycles. The number of carbonyl (C=O) groups excluding carboxylic acids is 1. The normalized spacial score (nSPS) is 17.2. The predicted molar refractivity (Wildman–Crippen MR) is 88.5 cm³/mol. The number of aromatic nitrogens is 1. The van der Waals surface area contributed by atoms with E-state index in [9.17, 15) is 18.0 Å². The Labute approximate surface area is 148 Å². The van der Waals surface area contributed by atoms with Gasteiger partial charge in [-0.1, -0.05) is 12.1 Å². The highest BCUT2D eigenvalue weighted by Gasteiger charge is 2.31. The third-order valence-electron chi connectivity index (χ3n) is 4.23. The molecule has 3 rings (SSSR count). The molecule has 1 aliphatic rings. The van der Waals surface area contributed by atoms with Gasteiger partial charge in [-0.2, -0.15) is 0 Å². The molecule has 1 aromatic heterocycles. The fourth-order valence-electron chi connectivity index (χ4n) is 2.99. The Bertz CT molecular complexity index is 753. The SMILES string of the molecule is O=C(NCc1cccc(OC(F)(F)F)c1)N1CCC(c2ccncc2)C1. The fourth-order valence-corrected chi connectivity index (χ4v) is 2.99. The molecule has 1 N–H and O–H groups in total. The van der Waals surface area contributed by atoms with E-state index in [4.69, 9.17) is 0 Å². The smallest absolute Gasteiger partial charge is 0.406 e. The fraction of sp³-hybridized carbons (Fsp3) is 0.333. The van der Waals surface area contributed by atoms with Gasteiger partial charge >= 0.3 is 12.4 Å². The van der Waals surface area contributed by atoms with Gasteiger partial charge in [-0.3, -0.25) is 4.98 Å². The minimum Gasteiger partial charge on any atom is -0.406 e. The van der Waals surface area contributed by atoms with Crippen LogP contribution in [0.3, 0.4) is 0 Å². The second kappa shape index (κ2) is 7.63. The number of nitrogens with one attached hydrogen (secondary N) is 1. The standard InChI is InChI=1S/C18H18F3N3O2/c19-18(20,21)26-16-3-1-2-13(10-16)11-23-17(25)24-9-6-15(12-24)14-4-7-22-8-5-14/h1-5,7-8,10,15H,6,9,11-12H2,(H,23,25). The third-order valence-corrected chi connectivity index (χ3v) is 4.23. The molecule has 2 amide bonds. The van der Waals surface area contributed by atoms with Gasteiger partial charge in [0.1, 0.15) is 5.75 Å². The van der Waals surface area contributed by atoms with Crippen LogP contribution in [0, 0.1) is 0 Å². The molecule has 26 heavy (non-hydrogen) atoms. The molecule has 8 heteroatoms. The van der Waals surface area contributed by atoms with E-state index in [1.54, 1.807) is 23.4 Å². The van der Waals surface area contributed by atoms with Crippen LogP contribution >= 0.6 is 0 Å². The summed E-state index contributed by atoms with van der Waals surface area (Å²) in [7, 11) is 0. The quantitative estimate of drug-likeness (QED) is 0.899. The number of pyridine rings is 1. The van der Waals surface area contributed by atoms with Crippen molar-refractivity contribution >= 4 is 6.03 Å². The molecule has 0 spiro atoms. The summed E-state index contributed by atoms with van der Waals surface area (Å²) in [5, 5.41) is 2.74. The number of rotatable bonds is 4. The highest BCUT2D eigenvalue weighted by Crippen LogP contribution is 2.27. The van der Waals surface area contributed by atoms with Crippen LogP contribution in [-0.4, -0.2) is 35.4 Å². The Kier molecular flexibility index (Phi) is 5.29. The number of benzene rings is 1. The van der Waals surface area contributed by atoms with Gasteiger partial charge in [0.25, 0.3) is 0 Å². The Morgan fingerprint density at radius 2 is 2.04 bits per heavy atom. The summed E-state index contributed by atoms with van der Waals surface area (Å²) in [6, 6.07) is 9.22. The number of carbonyl (C=O) groups is 1. The number of amides is 2. The molecule has 1 aromatic carbocycles. The Balaban J connectivity index is 1.52. The summed E-state index contributed by atoms with van der Waals surface area (Å²) < 4.78 is 40.7. The van der Waals surface area contributed by atoms with E-state index in [1.165, 1.54) is 18.2 Å². The van der Waals surface area contributed by atoms with E-state index in [1.807, 2.05) is 12.1 Å². The van der Waals surface area contributed by atoms with Crippen LogP contribution in [0.25, 0.3) is 0 Å². The molecule has 0 radical (unpaired) electrons. The van der Waals surface area contributed by atoms with Gasteiger partial charge in [-0.15, -0.1) is 13.2 Å². The molecule has 1 atom stereocenters. The second-order valence-electron chi connectivity index (χ2n) is 6.07. The Morgan fingerprint density at radius 1 is 1.27 bits per heavy atom. The molecule has 5 nitrogen and oxygen atoms in total. The first-order chi connectivity index (χ1) is 12.4. The maximum absolute atomic E-state index is 12.3. The van der Waals surface area contributed by atoms with Crippen molar-refractivity contribution in [3.63, 3.8) is 0 Å². The molecule has 1 saturated heterocycles. The zero-order valence-electron chi connectivity index (χ0n) is 13.9. The van der Waals surface area contributed by atoms with Crippen LogP contribution in [0.5, 0.6) is 5.75 Å². The van der Waals surface area contributed by atoms with Crippen molar-refractivity contribution in [1.82, 2.24) is 15.2 Å².